The fraction of sp³-hybridized carbons (Fsp3) is 0.500. The first-order valence-corrected chi connectivity index (χ1v) is 10.5. The molecule has 6 nitrogen and oxygen atoms in total. The maximum Gasteiger partial charge on any atom is 0.240 e. The first kappa shape index (κ1) is 23.5. The third-order valence-electron chi connectivity index (χ3n) is 5.81. The van der Waals surface area contributed by atoms with Gasteiger partial charge in [0.15, 0.2) is 0 Å². The predicted molar refractivity (Wildman–Crippen MR) is 123 cm³/mol. The Morgan fingerprint density at radius 1 is 0.867 bits per heavy atom. The monoisotopic (exact) mass is 410 g/mol. The predicted octanol–water partition coefficient (Wildman–Crippen LogP) is 4.58. The quantitative estimate of drug-likeness (QED) is 0.476. The second-order valence-electron chi connectivity index (χ2n) is 8.43. The van der Waals surface area contributed by atoms with Crippen molar-refractivity contribution in [3.05, 3.63) is 47.6 Å². The van der Waals surface area contributed by atoms with Crippen molar-refractivity contribution in [3.8, 4) is 0 Å². The van der Waals surface area contributed by atoms with Crippen molar-refractivity contribution in [2.24, 2.45) is 22.0 Å². The zero-order valence-electron chi connectivity index (χ0n) is 18.7. The summed E-state index contributed by atoms with van der Waals surface area (Å²) in [6, 6.07) is 0. The van der Waals surface area contributed by atoms with Crippen molar-refractivity contribution >= 4 is 23.2 Å². The molecule has 0 aromatic heterocycles. The third-order valence-corrected chi connectivity index (χ3v) is 5.81. The van der Waals surface area contributed by atoms with E-state index in [-0.39, 0.29) is 24.7 Å². The van der Waals surface area contributed by atoms with Crippen LogP contribution in [-0.4, -0.2) is 23.2 Å². The Morgan fingerprint density at radius 3 is 1.57 bits per heavy atom. The summed E-state index contributed by atoms with van der Waals surface area (Å²) >= 11 is 0. The average molecular weight is 411 g/mol. The van der Waals surface area contributed by atoms with Gasteiger partial charge in [-0.2, -0.15) is 10.2 Å². The lowest BCUT2D eigenvalue weighted by molar-refractivity contribution is -0.126. The lowest BCUT2D eigenvalue weighted by Gasteiger charge is -2.22. The fourth-order valence-corrected chi connectivity index (χ4v) is 3.45. The van der Waals surface area contributed by atoms with Gasteiger partial charge in [0.2, 0.25) is 11.8 Å². The molecular formula is C24H34N4O2. The van der Waals surface area contributed by atoms with Crippen molar-refractivity contribution in [2.75, 3.05) is 0 Å². The SMILES string of the molecule is C=C(C)[C@@H]1CC=C(C)/C(=N\NC(=O)CCC(=O)N/N=C2/C[C@H](C(=C)C)CC=C2C)C1. The smallest absolute Gasteiger partial charge is 0.240 e. The molecule has 0 spiro atoms. The summed E-state index contributed by atoms with van der Waals surface area (Å²) in [6.07, 6.45) is 7.83. The van der Waals surface area contributed by atoms with Crippen LogP contribution >= 0.6 is 0 Å². The first-order chi connectivity index (χ1) is 14.2. The number of amides is 2. The Balaban J connectivity index is 1.81. The van der Waals surface area contributed by atoms with Crippen LogP contribution < -0.4 is 10.9 Å². The van der Waals surface area contributed by atoms with Gasteiger partial charge in [-0.15, -0.1) is 0 Å². The molecular weight excluding hydrogens is 376 g/mol. The van der Waals surface area contributed by atoms with Crippen LogP contribution in [0.25, 0.3) is 0 Å². The van der Waals surface area contributed by atoms with E-state index in [1.807, 2.05) is 27.7 Å². The van der Waals surface area contributed by atoms with E-state index < -0.39 is 0 Å². The Bertz CT molecular complexity index is 775. The molecule has 0 fully saturated rings. The van der Waals surface area contributed by atoms with Crippen LogP contribution in [0.2, 0.25) is 0 Å². The van der Waals surface area contributed by atoms with Gasteiger partial charge in [-0.3, -0.25) is 9.59 Å². The molecule has 2 aliphatic carbocycles. The minimum atomic E-state index is -0.286. The lowest BCUT2D eigenvalue weighted by Crippen LogP contribution is -2.26. The fourth-order valence-electron chi connectivity index (χ4n) is 3.45. The van der Waals surface area contributed by atoms with Crippen molar-refractivity contribution in [1.82, 2.24) is 10.9 Å². The Labute approximate surface area is 180 Å². The number of nitrogens with one attached hydrogen (secondary N) is 2. The molecule has 2 atom stereocenters. The van der Waals surface area contributed by atoms with Crippen molar-refractivity contribution in [2.45, 2.75) is 66.2 Å². The number of hydrazone groups is 2. The van der Waals surface area contributed by atoms with Gasteiger partial charge >= 0.3 is 0 Å². The van der Waals surface area contributed by atoms with Crippen LogP contribution in [0.1, 0.15) is 66.2 Å². The molecule has 162 valence electrons. The number of hydrogen-bond acceptors (Lipinski definition) is 4. The normalized spacial score (nSPS) is 24.1. The molecule has 0 saturated carbocycles. The first-order valence-electron chi connectivity index (χ1n) is 10.5. The highest BCUT2D eigenvalue weighted by molar-refractivity contribution is 6.02. The van der Waals surface area contributed by atoms with Crippen LogP contribution in [0.5, 0.6) is 0 Å². The van der Waals surface area contributed by atoms with E-state index in [1.54, 1.807) is 0 Å². The average Bonchev–Trinajstić information content (AvgIpc) is 2.70. The highest BCUT2D eigenvalue weighted by Crippen LogP contribution is 2.27. The van der Waals surface area contributed by atoms with E-state index in [1.165, 1.54) is 0 Å². The number of hydrogen-bond donors (Lipinski definition) is 2. The van der Waals surface area contributed by atoms with Gasteiger partial charge in [0.1, 0.15) is 0 Å². The van der Waals surface area contributed by atoms with Crippen molar-refractivity contribution < 1.29 is 9.59 Å². The van der Waals surface area contributed by atoms with Crippen LogP contribution in [0, 0.1) is 11.8 Å². The molecule has 0 radical (unpaired) electrons. The minimum absolute atomic E-state index is 0.0589. The van der Waals surface area contributed by atoms with Crippen LogP contribution in [0.4, 0.5) is 0 Å². The number of nitrogens with zero attached hydrogens (tertiary/aromatic N) is 2. The zero-order chi connectivity index (χ0) is 22.3. The third kappa shape index (κ3) is 6.94. The Kier molecular flexibility index (Phi) is 8.51. The lowest BCUT2D eigenvalue weighted by atomic mass is 9.85. The number of allylic oxidation sites excluding steroid dienone is 6. The summed E-state index contributed by atoms with van der Waals surface area (Å²) in [4.78, 5) is 24.2. The molecule has 6 heteroatoms. The number of carbonyl (C=O) groups is 2. The highest BCUT2D eigenvalue weighted by Gasteiger charge is 2.20. The molecule has 0 bridgehead atoms. The zero-order valence-corrected chi connectivity index (χ0v) is 18.7. The minimum Gasteiger partial charge on any atom is -0.273 e. The van der Waals surface area contributed by atoms with Gasteiger partial charge in [-0.25, -0.2) is 10.9 Å². The summed E-state index contributed by atoms with van der Waals surface area (Å²) in [5.74, 6) is 0.144. The molecule has 0 aromatic rings. The van der Waals surface area contributed by atoms with E-state index in [0.717, 1.165) is 59.4 Å². The second-order valence-corrected chi connectivity index (χ2v) is 8.43. The molecule has 2 rings (SSSR count). The van der Waals surface area contributed by atoms with Gasteiger partial charge in [0.25, 0.3) is 0 Å². The topological polar surface area (TPSA) is 82.9 Å². The number of carbonyl (C=O) groups excluding carboxylic acids is 2. The molecule has 0 aliphatic heterocycles. The summed E-state index contributed by atoms with van der Waals surface area (Å²) in [5.41, 5.74) is 11.3. The Hall–Kier alpha value is -2.76. The van der Waals surface area contributed by atoms with E-state index in [0.29, 0.717) is 11.8 Å². The van der Waals surface area contributed by atoms with Gasteiger partial charge in [-0.1, -0.05) is 36.5 Å². The molecule has 30 heavy (non-hydrogen) atoms. The largest absolute Gasteiger partial charge is 0.273 e. The van der Waals surface area contributed by atoms with Gasteiger partial charge < -0.3 is 0 Å². The molecule has 2 aliphatic rings. The van der Waals surface area contributed by atoms with Crippen LogP contribution in [0.15, 0.2) is 57.8 Å². The number of rotatable bonds is 7. The molecule has 0 heterocycles. The summed E-state index contributed by atoms with van der Waals surface area (Å²) < 4.78 is 0. The molecule has 0 unspecified atom stereocenters. The second kappa shape index (κ2) is 10.9. The van der Waals surface area contributed by atoms with E-state index >= 15 is 0 Å². The van der Waals surface area contributed by atoms with Crippen LogP contribution in [-0.2, 0) is 9.59 Å². The van der Waals surface area contributed by atoms with E-state index in [9.17, 15) is 9.59 Å². The maximum atomic E-state index is 12.1. The van der Waals surface area contributed by atoms with E-state index in [4.69, 9.17) is 0 Å². The van der Waals surface area contributed by atoms with Crippen molar-refractivity contribution in [3.63, 3.8) is 0 Å². The standard InChI is InChI=1S/C24H34N4O2/c1-15(2)19-9-7-17(5)21(13-19)25-27-23(29)11-12-24(30)28-26-22-14-20(16(3)4)10-8-18(22)6/h7-8,19-20H,1,3,9-14H2,2,4-6H3,(H,27,29)(H,28,30)/b25-21-,26-22-/t19-,20-/m1/s1. The summed E-state index contributed by atoms with van der Waals surface area (Å²) in [6.45, 7) is 16.0. The van der Waals surface area contributed by atoms with Gasteiger partial charge in [-0.05, 0) is 76.4 Å². The van der Waals surface area contributed by atoms with Crippen LogP contribution in [0.3, 0.4) is 0 Å². The molecule has 2 N–H and O–H groups in total. The summed E-state index contributed by atoms with van der Waals surface area (Å²) in [5, 5.41) is 8.52. The maximum absolute atomic E-state index is 12.1. The molecule has 2 amide bonds. The molecule has 0 saturated heterocycles. The van der Waals surface area contributed by atoms with Gasteiger partial charge in [0, 0.05) is 12.8 Å². The Morgan fingerprint density at radius 2 is 1.23 bits per heavy atom. The summed E-state index contributed by atoms with van der Waals surface area (Å²) in [7, 11) is 0. The highest BCUT2D eigenvalue weighted by atomic mass is 16.2. The van der Waals surface area contributed by atoms with E-state index in [2.05, 4.69) is 46.4 Å². The van der Waals surface area contributed by atoms with Gasteiger partial charge in [0.05, 0.1) is 11.4 Å². The van der Waals surface area contributed by atoms with Crippen molar-refractivity contribution in [1.29, 1.82) is 0 Å². The molecule has 0 aromatic carbocycles.